The normalized spacial score (nSPS) is 13.7. The maximum absolute atomic E-state index is 13.1. The van der Waals surface area contributed by atoms with Crippen LogP contribution >= 0.6 is 15.9 Å². The zero-order valence-electron chi connectivity index (χ0n) is 9.82. The van der Waals surface area contributed by atoms with Gasteiger partial charge in [0.1, 0.15) is 5.82 Å². The van der Waals surface area contributed by atoms with Crippen LogP contribution < -0.4 is 5.32 Å². The summed E-state index contributed by atoms with van der Waals surface area (Å²) in [6.07, 6.45) is -3.66. The first-order chi connectivity index (χ1) is 8.26. The summed E-state index contributed by atoms with van der Waals surface area (Å²) in [5.74, 6) is -0.351. The van der Waals surface area contributed by atoms with Gasteiger partial charge in [-0.25, -0.2) is 4.39 Å². The van der Waals surface area contributed by atoms with E-state index < -0.39 is 12.7 Å². The standard InChI is InChI=1S/C12H14BrF4N/c1-8(6-18-7-12(15,16)17)2-9-3-10(13)5-11(14)4-9/h3-5,8,18H,2,6-7H2,1H3. The number of alkyl halides is 3. The van der Waals surface area contributed by atoms with Crippen LogP contribution in [0.15, 0.2) is 22.7 Å². The molecule has 0 aromatic heterocycles. The smallest absolute Gasteiger partial charge is 0.308 e. The molecule has 0 aliphatic rings. The molecule has 1 aromatic rings. The van der Waals surface area contributed by atoms with Crippen LogP contribution in [0.1, 0.15) is 12.5 Å². The third-order valence-electron chi connectivity index (χ3n) is 2.32. The Kier molecular flexibility index (Phi) is 5.59. The first kappa shape index (κ1) is 15.4. The lowest BCUT2D eigenvalue weighted by atomic mass is 10.0. The molecule has 102 valence electrons. The molecule has 0 spiro atoms. The van der Waals surface area contributed by atoms with Gasteiger partial charge in [-0.3, -0.25) is 0 Å². The summed E-state index contributed by atoms with van der Waals surface area (Å²) in [7, 11) is 0. The molecule has 0 radical (unpaired) electrons. The van der Waals surface area contributed by atoms with Gasteiger partial charge < -0.3 is 5.32 Å². The van der Waals surface area contributed by atoms with Crippen molar-refractivity contribution in [2.24, 2.45) is 5.92 Å². The fraction of sp³-hybridized carbons (Fsp3) is 0.500. The SMILES string of the molecule is CC(CNCC(F)(F)F)Cc1cc(F)cc(Br)c1. The largest absolute Gasteiger partial charge is 0.401 e. The van der Waals surface area contributed by atoms with Crippen LogP contribution in [0.5, 0.6) is 0 Å². The van der Waals surface area contributed by atoms with Crippen molar-refractivity contribution in [2.45, 2.75) is 19.5 Å². The minimum Gasteiger partial charge on any atom is -0.308 e. The van der Waals surface area contributed by atoms with Crippen molar-refractivity contribution in [3.05, 3.63) is 34.1 Å². The molecule has 6 heteroatoms. The Labute approximate surface area is 112 Å². The second kappa shape index (κ2) is 6.52. The van der Waals surface area contributed by atoms with Crippen molar-refractivity contribution in [2.75, 3.05) is 13.1 Å². The minimum absolute atomic E-state index is 0.000972. The molecule has 0 bridgehead atoms. The van der Waals surface area contributed by atoms with E-state index in [-0.39, 0.29) is 18.3 Å². The second-order valence-electron chi connectivity index (χ2n) is 4.33. The van der Waals surface area contributed by atoms with Crippen molar-refractivity contribution in [1.82, 2.24) is 5.32 Å². The van der Waals surface area contributed by atoms with Crippen LogP contribution in [0.4, 0.5) is 17.6 Å². The molecule has 1 rings (SSSR count). The molecule has 0 aliphatic carbocycles. The fourth-order valence-electron chi connectivity index (χ4n) is 1.66. The number of benzene rings is 1. The molecule has 1 aromatic carbocycles. The van der Waals surface area contributed by atoms with Crippen molar-refractivity contribution >= 4 is 15.9 Å². The van der Waals surface area contributed by atoms with Gasteiger partial charge in [-0.05, 0) is 42.6 Å². The molecule has 1 unspecified atom stereocenters. The molecule has 0 saturated heterocycles. The van der Waals surface area contributed by atoms with Crippen molar-refractivity contribution in [1.29, 1.82) is 0 Å². The zero-order valence-corrected chi connectivity index (χ0v) is 11.4. The maximum Gasteiger partial charge on any atom is 0.401 e. The maximum atomic E-state index is 13.1. The van der Waals surface area contributed by atoms with Gasteiger partial charge in [0.2, 0.25) is 0 Å². The number of rotatable bonds is 5. The van der Waals surface area contributed by atoms with E-state index in [9.17, 15) is 17.6 Å². The van der Waals surface area contributed by atoms with Gasteiger partial charge in [-0.1, -0.05) is 22.9 Å². The molecule has 1 atom stereocenters. The van der Waals surface area contributed by atoms with Gasteiger partial charge in [-0.2, -0.15) is 13.2 Å². The van der Waals surface area contributed by atoms with Gasteiger partial charge in [0, 0.05) is 4.47 Å². The van der Waals surface area contributed by atoms with E-state index in [1.165, 1.54) is 12.1 Å². The summed E-state index contributed by atoms with van der Waals surface area (Å²) in [6, 6.07) is 4.50. The molecule has 1 N–H and O–H groups in total. The highest BCUT2D eigenvalue weighted by Gasteiger charge is 2.26. The van der Waals surface area contributed by atoms with Gasteiger partial charge in [0.25, 0.3) is 0 Å². The molecular weight excluding hydrogens is 314 g/mol. The quantitative estimate of drug-likeness (QED) is 0.808. The first-order valence-corrected chi connectivity index (χ1v) is 6.28. The Hall–Kier alpha value is -0.620. The summed E-state index contributed by atoms with van der Waals surface area (Å²) >= 11 is 3.18. The molecular formula is C12H14BrF4N. The van der Waals surface area contributed by atoms with E-state index in [2.05, 4.69) is 21.2 Å². The highest BCUT2D eigenvalue weighted by atomic mass is 79.9. The topological polar surface area (TPSA) is 12.0 Å². The van der Waals surface area contributed by atoms with Crippen LogP contribution in [0, 0.1) is 11.7 Å². The summed E-state index contributed by atoms with van der Waals surface area (Å²) in [5.41, 5.74) is 0.767. The Bertz CT molecular complexity index is 372. The molecule has 0 saturated carbocycles. The number of hydrogen-bond acceptors (Lipinski definition) is 1. The van der Waals surface area contributed by atoms with E-state index in [0.717, 1.165) is 5.56 Å². The van der Waals surface area contributed by atoms with E-state index >= 15 is 0 Å². The fourth-order valence-corrected chi connectivity index (χ4v) is 2.18. The van der Waals surface area contributed by atoms with Crippen molar-refractivity contribution < 1.29 is 17.6 Å². The predicted octanol–water partition coefficient (Wildman–Crippen LogP) is 3.92. The second-order valence-corrected chi connectivity index (χ2v) is 5.25. The van der Waals surface area contributed by atoms with Crippen LogP contribution in [0.3, 0.4) is 0 Å². The molecule has 0 fully saturated rings. The minimum atomic E-state index is -4.19. The van der Waals surface area contributed by atoms with Crippen molar-refractivity contribution in [3.63, 3.8) is 0 Å². The van der Waals surface area contributed by atoms with Gasteiger partial charge in [-0.15, -0.1) is 0 Å². The predicted molar refractivity (Wildman–Crippen MR) is 65.9 cm³/mol. The average Bonchev–Trinajstić information content (AvgIpc) is 2.12. The highest BCUT2D eigenvalue weighted by Crippen LogP contribution is 2.18. The average molecular weight is 328 g/mol. The van der Waals surface area contributed by atoms with Crippen LogP contribution in [-0.4, -0.2) is 19.3 Å². The summed E-state index contributed by atoms with van der Waals surface area (Å²) in [5, 5.41) is 2.34. The molecule has 1 nitrogen and oxygen atoms in total. The molecule has 0 amide bonds. The van der Waals surface area contributed by atoms with Gasteiger partial charge >= 0.3 is 6.18 Å². The third kappa shape index (κ3) is 6.35. The summed E-state index contributed by atoms with van der Waals surface area (Å²) in [4.78, 5) is 0. The Morgan fingerprint density at radius 3 is 2.50 bits per heavy atom. The zero-order chi connectivity index (χ0) is 13.8. The molecule has 0 aliphatic heterocycles. The summed E-state index contributed by atoms with van der Waals surface area (Å²) in [6.45, 7) is 1.07. The molecule has 18 heavy (non-hydrogen) atoms. The lowest BCUT2D eigenvalue weighted by Crippen LogP contribution is -2.32. The van der Waals surface area contributed by atoms with Crippen molar-refractivity contribution in [3.8, 4) is 0 Å². The highest BCUT2D eigenvalue weighted by molar-refractivity contribution is 9.10. The Morgan fingerprint density at radius 2 is 1.94 bits per heavy atom. The van der Waals surface area contributed by atoms with E-state index in [1.54, 1.807) is 6.07 Å². The lowest BCUT2D eigenvalue weighted by molar-refractivity contribution is -0.125. The number of hydrogen-bond donors (Lipinski definition) is 1. The number of nitrogens with one attached hydrogen (secondary N) is 1. The van der Waals surface area contributed by atoms with Gasteiger partial charge in [0.05, 0.1) is 6.54 Å². The Morgan fingerprint density at radius 1 is 1.28 bits per heavy atom. The summed E-state index contributed by atoms with van der Waals surface area (Å²) < 4.78 is 49.5. The van der Waals surface area contributed by atoms with E-state index in [4.69, 9.17) is 0 Å². The monoisotopic (exact) mass is 327 g/mol. The van der Waals surface area contributed by atoms with E-state index in [1.807, 2.05) is 6.92 Å². The molecule has 0 heterocycles. The van der Waals surface area contributed by atoms with Crippen LogP contribution in [-0.2, 0) is 6.42 Å². The van der Waals surface area contributed by atoms with Crippen LogP contribution in [0.25, 0.3) is 0 Å². The number of halogens is 5. The van der Waals surface area contributed by atoms with E-state index in [0.29, 0.717) is 10.9 Å². The van der Waals surface area contributed by atoms with Gasteiger partial charge in [0.15, 0.2) is 0 Å². The lowest BCUT2D eigenvalue weighted by Gasteiger charge is -2.14. The first-order valence-electron chi connectivity index (χ1n) is 5.49. The third-order valence-corrected chi connectivity index (χ3v) is 2.78. The van der Waals surface area contributed by atoms with Crippen LogP contribution in [0.2, 0.25) is 0 Å². The Balaban J connectivity index is 2.42.